The molecule has 0 saturated heterocycles. The van der Waals surface area contributed by atoms with Crippen LogP contribution in [0.2, 0.25) is 0 Å². The van der Waals surface area contributed by atoms with Gasteiger partial charge in [-0.2, -0.15) is 0 Å². The summed E-state index contributed by atoms with van der Waals surface area (Å²) in [5.41, 5.74) is 0.399. The SMILES string of the molecule is CCCCCCC(C)NCc1cc(F)ccc1F. The van der Waals surface area contributed by atoms with Crippen LogP contribution >= 0.6 is 0 Å². The summed E-state index contributed by atoms with van der Waals surface area (Å²) in [5, 5.41) is 3.24. The van der Waals surface area contributed by atoms with Crippen molar-refractivity contribution in [3.63, 3.8) is 0 Å². The Balaban J connectivity index is 2.29. The Morgan fingerprint density at radius 1 is 1.17 bits per heavy atom. The predicted octanol–water partition coefficient (Wildman–Crippen LogP) is 4.41. The molecule has 0 radical (unpaired) electrons. The summed E-state index contributed by atoms with van der Waals surface area (Å²) in [6.45, 7) is 4.66. The van der Waals surface area contributed by atoms with Gasteiger partial charge >= 0.3 is 0 Å². The molecule has 0 aliphatic heterocycles. The zero-order chi connectivity index (χ0) is 13.4. The van der Waals surface area contributed by atoms with E-state index in [2.05, 4.69) is 19.2 Å². The second-order valence-corrected chi connectivity index (χ2v) is 4.87. The number of benzene rings is 1. The van der Waals surface area contributed by atoms with Gasteiger partial charge in [0.05, 0.1) is 0 Å². The van der Waals surface area contributed by atoms with Gasteiger partial charge in [0.15, 0.2) is 0 Å². The lowest BCUT2D eigenvalue weighted by atomic mass is 10.1. The van der Waals surface area contributed by atoms with Crippen molar-refractivity contribution in [1.29, 1.82) is 0 Å². The van der Waals surface area contributed by atoms with Crippen LogP contribution in [0.1, 0.15) is 51.5 Å². The van der Waals surface area contributed by atoms with Gasteiger partial charge in [0.2, 0.25) is 0 Å². The molecule has 0 aromatic heterocycles. The molecule has 0 aliphatic carbocycles. The molecule has 1 nitrogen and oxygen atoms in total. The molecule has 0 fully saturated rings. The van der Waals surface area contributed by atoms with Crippen molar-refractivity contribution < 1.29 is 8.78 Å². The van der Waals surface area contributed by atoms with Crippen LogP contribution in [0.25, 0.3) is 0 Å². The van der Waals surface area contributed by atoms with E-state index >= 15 is 0 Å². The maximum Gasteiger partial charge on any atom is 0.127 e. The Morgan fingerprint density at radius 2 is 1.94 bits per heavy atom. The summed E-state index contributed by atoms with van der Waals surface area (Å²) in [6.07, 6.45) is 6.02. The number of hydrogen-bond donors (Lipinski definition) is 1. The lowest BCUT2D eigenvalue weighted by Crippen LogP contribution is -2.25. The van der Waals surface area contributed by atoms with E-state index in [9.17, 15) is 8.78 Å². The van der Waals surface area contributed by atoms with Gasteiger partial charge in [-0.3, -0.25) is 0 Å². The highest BCUT2D eigenvalue weighted by atomic mass is 19.1. The third kappa shape index (κ3) is 5.58. The lowest BCUT2D eigenvalue weighted by molar-refractivity contribution is 0.473. The molecule has 0 heterocycles. The zero-order valence-corrected chi connectivity index (χ0v) is 11.3. The van der Waals surface area contributed by atoms with Gasteiger partial charge in [-0.15, -0.1) is 0 Å². The van der Waals surface area contributed by atoms with Crippen molar-refractivity contribution in [3.05, 3.63) is 35.4 Å². The van der Waals surface area contributed by atoms with Gasteiger partial charge in [0.25, 0.3) is 0 Å². The Morgan fingerprint density at radius 3 is 2.67 bits per heavy atom. The largest absolute Gasteiger partial charge is 0.310 e. The van der Waals surface area contributed by atoms with Crippen molar-refractivity contribution in [2.24, 2.45) is 0 Å². The van der Waals surface area contributed by atoms with E-state index in [0.29, 0.717) is 18.2 Å². The van der Waals surface area contributed by atoms with Crippen molar-refractivity contribution in [3.8, 4) is 0 Å². The Hall–Kier alpha value is -0.960. The minimum atomic E-state index is -0.385. The van der Waals surface area contributed by atoms with Crippen LogP contribution in [0.3, 0.4) is 0 Å². The minimum Gasteiger partial charge on any atom is -0.310 e. The first kappa shape index (κ1) is 15.1. The fourth-order valence-electron chi connectivity index (χ4n) is 1.94. The summed E-state index contributed by atoms with van der Waals surface area (Å²) in [4.78, 5) is 0. The average Bonchev–Trinajstić information content (AvgIpc) is 2.36. The highest BCUT2D eigenvalue weighted by Crippen LogP contribution is 2.11. The van der Waals surface area contributed by atoms with Crippen LogP contribution in [-0.2, 0) is 6.54 Å². The standard InChI is InChI=1S/C15H23F2N/c1-3-4-5-6-7-12(2)18-11-13-10-14(16)8-9-15(13)17/h8-10,12,18H,3-7,11H2,1-2H3. The van der Waals surface area contributed by atoms with E-state index in [4.69, 9.17) is 0 Å². The van der Waals surface area contributed by atoms with Gasteiger partial charge in [0, 0.05) is 18.2 Å². The van der Waals surface area contributed by atoms with Gasteiger partial charge < -0.3 is 5.32 Å². The van der Waals surface area contributed by atoms with Crippen LogP contribution < -0.4 is 5.32 Å². The quantitative estimate of drug-likeness (QED) is 0.678. The number of unbranched alkanes of at least 4 members (excludes halogenated alkanes) is 3. The molecule has 1 rings (SSSR count). The molecule has 18 heavy (non-hydrogen) atoms. The monoisotopic (exact) mass is 255 g/mol. The van der Waals surface area contributed by atoms with E-state index in [1.807, 2.05) is 0 Å². The number of hydrogen-bond acceptors (Lipinski definition) is 1. The van der Waals surface area contributed by atoms with Crippen LogP contribution in [0.4, 0.5) is 8.78 Å². The second-order valence-electron chi connectivity index (χ2n) is 4.87. The smallest absolute Gasteiger partial charge is 0.127 e. The predicted molar refractivity (Wildman–Crippen MR) is 71.4 cm³/mol. The molecule has 102 valence electrons. The van der Waals surface area contributed by atoms with Gasteiger partial charge in [-0.1, -0.05) is 32.6 Å². The molecule has 0 spiro atoms. The van der Waals surface area contributed by atoms with Gasteiger partial charge in [-0.05, 0) is 31.5 Å². The van der Waals surface area contributed by atoms with E-state index in [-0.39, 0.29) is 11.6 Å². The molecule has 0 saturated carbocycles. The Kier molecular flexibility index (Phi) is 6.88. The molecule has 1 aromatic rings. The maximum absolute atomic E-state index is 13.4. The summed E-state index contributed by atoms with van der Waals surface area (Å²) in [5.74, 6) is -0.731. The fraction of sp³-hybridized carbons (Fsp3) is 0.600. The normalized spacial score (nSPS) is 12.7. The average molecular weight is 255 g/mol. The minimum absolute atomic E-state index is 0.338. The molecular formula is C15H23F2N. The fourth-order valence-corrected chi connectivity index (χ4v) is 1.94. The first-order valence-electron chi connectivity index (χ1n) is 6.80. The summed E-state index contributed by atoms with van der Waals surface area (Å²) < 4.78 is 26.3. The van der Waals surface area contributed by atoms with Crippen LogP contribution in [0.15, 0.2) is 18.2 Å². The topological polar surface area (TPSA) is 12.0 Å². The highest BCUT2D eigenvalue weighted by molar-refractivity contribution is 5.18. The molecule has 1 unspecified atom stereocenters. The van der Waals surface area contributed by atoms with E-state index < -0.39 is 0 Å². The number of nitrogens with one attached hydrogen (secondary N) is 1. The van der Waals surface area contributed by atoms with Crippen LogP contribution in [-0.4, -0.2) is 6.04 Å². The molecule has 0 aliphatic rings. The molecule has 3 heteroatoms. The van der Waals surface area contributed by atoms with Crippen LogP contribution in [0, 0.1) is 11.6 Å². The number of rotatable bonds is 8. The van der Waals surface area contributed by atoms with E-state index in [1.54, 1.807) is 0 Å². The summed E-state index contributed by atoms with van der Waals surface area (Å²) in [6, 6.07) is 3.92. The van der Waals surface area contributed by atoms with Crippen molar-refractivity contribution in [1.82, 2.24) is 5.32 Å². The molecule has 0 amide bonds. The first-order valence-corrected chi connectivity index (χ1v) is 6.80. The van der Waals surface area contributed by atoms with Gasteiger partial charge in [-0.25, -0.2) is 8.78 Å². The third-order valence-electron chi connectivity index (χ3n) is 3.14. The van der Waals surface area contributed by atoms with Crippen molar-refractivity contribution >= 4 is 0 Å². The molecule has 1 N–H and O–H groups in total. The first-order chi connectivity index (χ1) is 8.63. The van der Waals surface area contributed by atoms with Crippen molar-refractivity contribution in [2.45, 2.75) is 58.5 Å². The van der Waals surface area contributed by atoms with Gasteiger partial charge in [0.1, 0.15) is 11.6 Å². The Labute approximate surface area is 109 Å². The summed E-state index contributed by atoms with van der Waals surface area (Å²) >= 11 is 0. The lowest BCUT2D eigenvalue weighted by Gasteiger charge is -2.14. The van der Waals surface area contributed by atoms with E-state index in [1.165, 1.54) is 37.8 Å². The number of halogens is 2. The highest BCUT2D eigenvalue weighted by Gasteiger charge is 2.06. The molecule has 1 atom stereocenters. The van der Waals surface area contributed by atoms with Crippen LogP contribution in [0.5, 0.6) is 0 Å². The maximum atomic E-state index is 13.4. The molecule has 0 bridgehead atoms. The zero-order valence-electron chi connectivity index (χ0n) is 11.3. The second kappa shape index (κ2) is 8.20. The third-order valence-corrected chi connectivity index (χ3v) is 3.14. The van der Waals surface area contributed by atoms with E-state index in [0.717, 1.165) is 12.5 Å². The molecule has 1 aromatic carbocycles. The summed E-state index contributed by atoms with van der Waals surface area (Å²) in [7, 11) is 0. The molecular weight excluding hydrogens is 232 g/mol. The van der Waals surface area contributed by atoms with Crippen molar-refractivity contribution in [2.75, 3.05) is 0 Å². The Bertz CT molecular complexity index is 352.